The van der Waals surface area contributed by atoms with E-state index >= 15 is 0 Å². The van der Waals surface area contributed by atoms with E-state index in [2.05, 4.69) is 30.8 Å². The third kappa shape index (κ3) is 6.77. The molecule has 0 bridgehead atoms. The van der Waals surface area contributed by atoms with Crippen molar-refractivity contribution in [3.05, 3.63) is 107 Å². The number of carbonyl (C=O) groups excluding carboxylic acids is 1. The summed E-state index contributed by atoms with van der Waals surface area (Å²) in [5.74, 6) is 0.0536. The van der Waals surface area contributed by atoms with Crippen molar-refractivity contribution in [2.75, 3.05) is 12.4 Å². The van der Waals surface area contributed by atoms with E-state index in [1.165, 1.54) is 21.0 Å². The molecule has 0 atom stereocenters. The Morgan fingerprint density at radius 1 is 0.771 bits per heavy atom. The molecule has 3 N–H and O–H groups in total. The Morgan fingerprint density at radius 3 is 2.21 bits per heavy atom. The SMILES string of the molecule is COc1cc(N=Nc2ccc(-c3cc4ccc(N=C(C)O)cc4oc3=O)cc2)c(NC(C)=O)cc1N=Nc1ccc(O)c2ccccc12. The van der Waals surface area contributed by atoms with Gasteiger partial charge in [-0.25, -0.2) is 9.79 Å². The van der Waals surface area contributed by atoms with Crippen molar-refractivity contribution < 1.29 is 24.2 Å². The summed E-state index contributed by atoms with van der Waals surface area (Å²) in [6, 6.07) is 27.3. The van der Waals surface area contributed by atoms with E-state index < -0.39 is 5.63 Å². The van der Waals surface area contributed by atoms with Crippen LogP contribution in [0.2, 0.25) is 0 Å². The number of ether oxygens (including phenoxy) is 1. The van der Waals surface area contributed by atoms with Gasteiger partial charge >= 0.3 is 5.63 Å². The standard InChI is InChI=1S/C36H28N6O6/c1-20(43)37-25-13-10-23-16-28(36(46)48-34(23)17-25)22-8-11-24(12-9-22)39-41-31-19-35(47-3)32(18-30(31)38-21(2)44)42-40-29-14-15-33(45)27-7-5-4-6-26(27)29/h4-19,45H,1-3H3,(H,37,43)(H,38,44). The lowest BCUT2D eigenvalue weighted by molar-refractivity contribution is -0.114. The number of nitrogens with one attached hydrogen (secondary N) is 1. The third-order valence-electron chi connectivity index (χ3n) is 7.21. The maximum Gasteiger partial charge on any atom is 0.344 e. The molecule has 1 amide bonds. The van der Waals surface area contributed by atoms with Crippen LogP contribution >= 0.6 is 0 Å². The van der Waals surface area contributed by atoms with Gasteiger partial charge in [0.05, 0.1) is 35.4 Å². The van der Waals surface area contributed by atoms with Crippen LogP contribution in [-0.2, 0) is 4.79 Å². The molecule has 0 fully saturated rings. The number of azo groups is 2. The van der Waals surface area contributed by atoms with E-state index in [1.54, 1.807) is 78.9 Å². The maximum absolute atomic E-state index is 12.8. The van der Waals surface area contributed by atoms with Gasteiger partial charge < -0.3 is 24.7 Å². The first-order valence-corrected chi connectivity index (χ1v) is 14.6. The highest BCUT2D eigenvalue weighted by Gasteiger charge is 2.14. The second-order valence-electron chi connectivity index (χ2n) is 10.6. The molecule has 6 aromatic rings. The van der Waals surface area contributed by atoms with Gasteiger partial charge in [-0.1, -0.05) is 36.4 Å². The molecular formula is C36H28N6O6. The lowest BCUT2D eigenvalue weighted by atomic mass is 10.1. The van der Waals surface area contributed by atoms with Gasteiger partial charge in [-0.3, -0.25) is 4.79 Å². The molecule has 0 saturated carbocycles. The number of hydrogen-bond acceptors (Lipinski definition) is 10. The number of fused-ring (bicyclic) bond motifs is 2. The molecule has 0 spiro atoms. The molecule has 48 heavy (non-hydrogen) atoms. The predicted octanol–water partition coefficient (Wildman–Crippen LogP) is 9.72. The van der Waals surface area contributed by atoms with Gasteiger partial charge in [-0.2, -0.15) is 5.11 Å². The smallest absolute Gasteiger partial charge is 0.344 e. The molecule has 238 valence electrons. The minimum Gasteiger partial charge on any atom is -0.507 e. The number of aromatic hydroxyl groups is 1. The summed E-state index contributed by atoms with van der Waals surface area (Å²) in [4.78, 5) is 28.9. The fraction of sp³-hybridized carbons (Fsp3) is 0.0833. The average Bonchev–Trinajstić information content (AvgIpc) is 3.07. The van der Waals surface area contributed by atoms with Gasteiger partial charge in [-0.05, 0) is 54.1 Å². The van der Waals surface area contributed by atoms with E-state index in [9.17, 15) is 19.8 Å². The fourth-order valence-electron chi connectivity index (χ4n) is 5.01. The number of amides is 1. The van der Waals surface area contributed by atoms with E-state index in [-0.39, 0.29) is 17.6 Å². The van der Waals surface area contributed by atoms with Gasteiger partial charge in [0.25, 0.3) is 0 Å². The molecule has 0 aliphatic rings. The zero-order valence-electron chi connectivity index (χ0n) is 26.0. The third-order valence-corrected chi connectivity index (χ3v) is 7.21. The Balaban J connectivity index is 1.28. The Morgan fingerprint density at radius 2 is 1.48 bits per heavy atom. The highest BCUT2D eigenvalue weighted by molar-refractivity contribution is 5.97. The number of rotatable bonds is 8. The van der Waals surface area contributed by atoms with Gasteiger partial charge in [-0.15, -0.1) is 15.3 Å². The maximum atomic E-state index is 12.8. The fourth-order valence-corrected chi connectivity index (χ4v) is 5.01. The molecule has 12 heteroatoms. The van der Waals surface area contributed by atoms with Crippen LogP contribution in [0, 0.1) is 0 Å². The number of aliphatic imine (C=N–C) groups is 1. The van der Waals surface area contributed by atoms with Crippen LogP contribution < -0.4 is 15.7 Å². The second-order valence-corrected chi connectivity index (χ2v) is 10.6. The number of benzene rings is 5. The normalized spacial score (nSPS) is 11.9. The Bertz CT molecular complexity index is 2340. The molecule has 12 nitrogen and oxygen atoms in total. The molecule has 1 heterocycles. The molecular weight excluding hydrogens is 612 g/mol. The molecule has 0 radical (unpaired) electrons. The number of anilines is 1. The zero-order valence-corrected chi connectivity index (χ0v) is 26.0. The van der Waals surface area contributed by atoms with Crippen molar-refractivity contribution in [3.8, 4) is 22.6 Å². The summed E-state index contributed by atoms with van der Waals surface area (Å²) in [5, 5.41) is 41.9. The molecule has 5 aromatic carbocycles. The van der Waals surface area contributed by atoms with Crippen LogP contribution in [0.1, 0.15) is 13.8 Å². The number of phenols is 1. The highest BCUT2D eigenvalue weighted by atomic mass is 16.5. The van der Waals surface area contributed by atoms with Crippen LogP contribution in [0.3, 0.4) is 0 Å². The van der Waals surface area contributed by atoms with Crippen LogP contribution in [0.5, 0.6) is 11.5 Å². The number of methoxy groups -OCH3 is 1. The van der Waals surface area contributed by atoms with Crippen molar-refractivity contribution in [3.63, 3.8) is 0 Å². The Hall–Kier alpha value is -6.69. The summed E-state index contributed by atoms with van der Waals surface area (Å²) in [5.41, 5.74) is 3.29. The molecule has 0 aliphatic heterocycles. The number of carbonyl (C=O) groups is 1. The summed E-state index contributed by atoms with van der Waals surface area (Å²) in [6.45, 7) is 2.83. The van der Waals surface area contributed by atoms with Crippen molar-refractivity contribution in [2.24, 2.45) is 25.4 Å². The van der Waals surface area contributed by atoms with Crippen molar-refractivity contribution in [1.82, 2.24) is 0 Å². The van der Waals surface area contributed by atoms with E-state index in [4.69, 9.17) is 9.15 Å². The first-order chi connectivity index (χ1) is 23.2. The summed E-state index contributed by atoms with van der Waals surface area (Å²) in [6.07, 6.45) is 0. The molecule has 0 saturated heterocycles. The number of phenolic OH excluding ortho intramolecular Hbond substituents is 1. The summed E-state index contributed by atoms with van der Waals surface area (Å²) < 4.78 is 11.1. The zero-order chi connectivity index (χ0) is 33.8. The van der Waals surface area contributed by atoms with Crippen molar-refractivity contribution >= 4 is 67.7 Å². The molecule has 0 unspecified atom stereocenters. The van der Waals surface area contributed by atoms with Crippen molar-refractivity contribution in [1.29, 1.82) is 0 Å². The summed E-state index contributed by atoms with van der Waals surface area (Å²) >= 11 is 0. The van der Waals surface area contributed by atoms with E-state index in [0.29, 0.717) is 67.4 Å². The van der Waals surface area contributed by atoms with E-state index in [1.807, 2.05) is 18.2 Å². The second kappa shape index (κ2) is 13.3. The number of nitrogens with zero attached hydrogens (tertiary/aromatic N) is 5. The average molecular weight is 641 g/mol. The first-order valence-electron chi connectivity index (χ1n) is 14.6. The number of aliphatic hydroxyl groups excluding tert-OH is 1. The van der Waals surface area contributed by atoms with Gasteiger partial charge in [0.15, 0.2) is 5.90 Å². The Labute approximate surface area is 273 Å². The first kappa shape index (κ1) is 31.3. The van der Waals surface area contributed by atoms with Crippen molar-refractivity contribution in [2.45, 2.75) is 13.8 Å². The predicted molar refractivity (Wildman–Crippen MR) is 185 cm³/mol. The lowest BCUT2D eigenvalue weighted by Crippen LogP contribution is -2.05. The van der Waals surface area contributed by atoms with Gasteiger partial charge in [0.1, 0.15) is 28.5 Å². The Kier molecular flexibility index (Phi) is 8.70. The lowest BCUT2D eigenvalue weighted by Gasteiger charge is -2.11. The molecule has 6 rings (SSSR count). The minimum atomic E-state index is -0.526. The number of aliphatic hydroxyl groups is 1. The molecule has 0 aliphatic carbocycles. The number of hydrogen-bond donors (Lipinski definition) is 3. The van der Waals surface area contributed by atoms with Crippen LogP contribution in [0.25, 0.3) is 32.9 Å². The monoisotopic (exact) mass is 640 g/mol. The van der Waals surface area contributed by atoms with E-state index in [0.717, 1.165) is 5.39 Å². The summed E-state index contributed by atoms with van der Waals surface area (Å²) in [7, 11) is 1.48. The van der Waals surface area contributed by atoms with Gasteiger partial charge in [0, 0.05) is 42.1 Å². The van der Waals surface area contributed by atoms with Crippen LogP contribution in [-0.4, -0.2) is 29.1 Å². The molecule has 1 aromatic heterocycles. The van der Waals surface area contributed by atoms with Crippen LogP contribution in [0.15, 0.2) is 132 Å². The highest BCUT2D eigenvalue weighted by Crippen LogP contribution is 2.41. The minimum absolute atomic E-state index is 0.101. The van der Waals surface area contributed by atoms with Crippen LogP contribution in [0.4, 0.5) is 34.1 Å². The quantitative estimate of drug-likeness (QED) is 0.0647. The topological polar surface area (TPSA) is 171 Å². The largest absolute Gasteiger partial charge is 0.507 e. The van der Waals surface area contributed by atoms with Gasteiger partial charge in [0.2, 0.25) is 5.91 Å².